The lowest BCUT2D eigenvalue weighted by molar-refractivity contribution is 1.48. The van der Waals surface area contributed by atoms with Crippen LogP contribution in [0.3, 0.4) is 0 Å². The van der Waals surface area contributed by atoms with Gasteiger partial charge in [-0.1, -0.05) is 115 Å². The highest BCUT2D eigenvalue weighted by Crippen LogP contribution is 2.48. The topological polar surface area (TPSA) is 23.8 Å². The molecule has 0 aliphatic rings. The molecule has 214 valence electrons. The summed E-state index contributed by atoms with van der Waals surface area (Å²) in [5.74, 6) is 0. The number of hydrogen-bond donors (Lipinski definition) is 0. The van der Waals surface area contributed by atoms with Crippen molar-refractivity contribution < 1.29 is 0 Å². The SMILES string of the molecule is N#Cc1cc(-c2ccccc2)cc(-c2c(-c3cccc4c3sc3ccccc34)cccc2-c2cccc3sc4ccccc4c23)c1. The van der Waals surface area contributed by atoms with Crippen molar-refractivity contribution in [3.05, 3.63) is 157 Å². The van der Waals surface area contributed by atoms with Crippen LogP contribution in [-0.2, 0) is 0 Å². The number of fused-ring (bicyclic) bond motifs is 6. The standard InChI is InChI=1S/C43H25NS2/c44-26-27-23-29(28-11-2-1-3-12-28)25-30(24-27)41-32(33-17-10-22-40-42(33)37-14-5-7-21-39(37)45-40)15-8-16-34(41)36-19-9-18-35-31-13-4-6-20-38(31)46-43(35)36/h1-25H. The number of hydrogen-bond acceptors (Lipinski definition) is 3. The fraction of sp³-hybridized carbons (Fsp3) is 0. The number of thiophene rings is 2. The van der Waals surface area contributed by atoms with E-state index in [-0.39, 0.29) is 0 Å². The van der Waals surface area contributed by atoms with Gasteiger partial charge < -0.3 is 0 Å². The van der Waals surface area contributed by atoms with Crippen molar-refractivity contribution in [2.45, 2.75) is 0 Å². The second kappa shape index (κ2) is 10.8. The first-order valence-corrected chi connectivity index (χ1v) is 17.0. The monoisotopic (exact) mass is 619 g/mol. The molecular weight excluding hydrogens is 595 g/mol. The van der Waals surface area contributed by atoms with E-state index < -0.39 is 0 Å². The molecule has 0 amide bonds. The normalized spacial score (nSPS) is 11.5. The zero-order valence-electron chi connectivity index (χ0n) is 24.7. The zero-order valence-corrected chi connectivity index (χ0v) is 26.3. The highest BCUT2D eigenvalue weighted by molar-refractivity contribution is 7.26. The van der Waals surface area contributed by atoms with Crippen LogP contribution >= 0.6 is 22.7 Å². The molecule has 0 aliphatic heterocycles. The fourth-order valence-corrected chi connectivity index (χ4v) is 9.27. The lowest BCUT2D eigenvalue weighted by atomic mass is 9.84. The molecule has 0 unspecified atom stereocenters. The Morgan fingerprint density at radius 3 is 1.83 bits per heavy atom. The number of benzene rings is 7. The van der Waals surface area contributed by atoms with Crippen molar-refractivity contribution in [3.8, 4) is 50.6 Å². The summed E-state index contributed by atoms with van der Waals surface area (Å²) in [5, 5.41) is 15.4. The molecule has 0 saturated heterocycles. The quantitative estimate of drug-likeness (QED) is 0.192. The third-order valence-corrected chi connectivity index (χ3v) is 11.3. The van der Waals surface area contributed by atoms with Gasteiger partial charge in [-0.3, -0.25) is 0 Å². The van der Waals surface area contributed by atoms with E-state index in [9.17, 15) is 5.26 Å². The summed E-state index contributed by atoms with van der Waals surface area (Å²) in [5.41, 5.74) is 9.71. The van der Waals surface area contributed by atoms with Crippen LogP contribution in [-0.4, -0.2) is 0 Å². The molecule has 0 N–H and O–H groups in total. The van der Waals surface area contributed by atoms with Gasteiger partial charge in [0.15, 0.2) is 0 Å². The van der Waals surface area contributed by atoms with Crippen LogP contribution in [0.15, 0.2) is 152 Å². The minimum Gasteiger partial charge on any atom is -0.192 e. The predicted molar refractivity (Wildman–Crippen MR) is 199 cm³/mol. The molecule has 3 heteroatoms. The van der Waals surface area contributed by atoms with Crippen LogP contribution in [0.5, 0.6) is 0 Å². The average Bonchev–Trinajstić information content (AvgIpc) is 3.70. The molecule has 0 radical (unpaired) electrons. The average molecular weight is 620 g/mol. The van der Waals surface area contributed by atoms with Gasteiger partial charge in [-0.05, 0) is 75.3 Å². The van der Waals surface area contributed by atoms with Crippen molar-refractivity contribution in [1.29, 1.82) is 5.26 Å². The molecule has 0 spiro atoms. The third kappa shape index (κ3) is 4.27. The zero-order chi connectivity index (χ0) is 30.6. The largest absolute Gasteiger partial charge is 0.192 e. The first-order valence-electron chi connectivity index (χ1n) is 15.3. The van der Waals surface area contributed by atoms with Gasteiger partial charge in [0.2, 0.25) is 0 Å². The highest BCUT2D eigenvalue weighted by Gasteiger charge is 2.21. The van der Waals surface area contributed by atoms with Crippen molar-refractivity contribution >= 4 is 63.0 Å². The molecule has 0 fully saturated rings. The minimum atomic E-state index is 0.649. The van der Waals surface area contributed by atoms with E-state index in [1.165, 1.54) is 62.6 Å². The van der Waals surface area contributed by atoms with Crippen LogP contribution in [0, 0.1) is 11.3 Å². The van der Waals surface area contributed by atoms with E-state index in [1.54, 1.807) is 0 Å². The van der Waals surface area contributed by atoms with Gasteiger partial charge in [-0.25, -0.2) is 0 Å². The second-order valence-electron chi connectivity index (χ2n) is 11.6. The fourth-order valence-electron chi connectivity index (χ4n) is 6.90. The van der Waals surface area contributed by atoms with Crippen LogP contribution in [0.25, 0.3) is 84.9 Å². The van der Waals surface area contributed by atoms with Crippen molar-refractivity contribution in [2.75, 3.05) is 0 Å². The first kappa shape index (κ1) is 26.8. The molecule has 9 rings (SSSR count). The van der Waals surface area contributed by atoms with Gasteiger partial charge in [0.1, 0.15) is 0 Å². The maximum absolute atomic E-state index is 10.3. The third-order valence-electron chi connectivity index (χ3n) is 8.91. The Kier molecular flexibility index (Phi) is 6.31. The van der Waals surface area contributed by atoms with Gasteiger partial charge in [-0.2, -0.15) is 5.26 Å². The number of nitrogens with zero attached hydrogens (tertiary/aromatic N) is 1. The van der Waals surface area contributed by atoms with Crippen molar-refractivity contribution in [1.82, 2.24) is 0 Å². The van der Waals surface area contributed by atoms with Gasteiger partial charge in [0.25, 0.3) is 0 Å². The maximum atomic E-state index is 10.3. The molecule has 0 bridgehead atoms. The molecular formula is C43H25NS2. The van der Waals surface area contributed by atoms with E-state index in [1.807, 2.05) is 34.8 Å². The summed E-state index contributed by atoms with van der Waals surface area (Å²) in [4.78, 5) is 0. The van der Waals surface area contributed by atoms with Gasteiger partial charge in [-0.15, -0.1) is 22.7 Å². The summed E-state index contributed by atoms with van der Waals surface area (Å²) >= 11 is 3.69. The molecule has 2 heterocycles. The molecule has 0 atom stereocenters. The molecule has 9 aromatic rings. The first-order chi connectivity index (χ1) is 22.8. The summed E-state index contributed by atoms with van der Waals surface area (Å²) < 4.78 is 5.13. The van der Waals surface area contributed by atoms with Gasteiger partial charge >= 0.3 is 0 Å². The van der Waals surface area contributed by atoms with E-state index in [0.29, 0.717) is 5.56 Å². The summed E-state index contributed by atoms with van der Waals surface area (Å²) in [6.07, 6.45) is 0. The summed E-state index contributed by atoms with van der Waals surface area (Å²) in [7, 11) is 0. The van der Waals surface area contributed by atoms with E-state index >= 15 is 0 Å². The molecule has 1 nitrogen and oxygen atoms in total. The molecule has 7 aromatic carbocycles. The molecule has 2 aromatic heterocycles. The van der Waals surface area contributed by atoms with Crippen LogP contribution < -0.4 is 0 Å². The Bertz CT molecular complexity index is 2650. The smallest absolute Gasteiger partial charge is 0.0992 e. The van der Waals surface area contributed by atoms with Gasteiger partial charge in [0, 0.05) is 45.9 Å². The van der Waals surface area contributed by atoms with Crippen molar-refractivity contribution in [2.24, 2.45) is 0 Å². The van der Waals surface area contributed by atoms with Crippen LogP contribution in [0.4, 0.5) is 0 Å². The van der Waals surface area contributed by atoms with E-state index in [0.717, 1.165) is 22.3 Å². The Morgan fingerprint density at radius 2 is 1.00 bits per heavy atom. The number of nitriles is 1. The Labute approximate surface area is 274 Å². The molecule has 0 saturated carbocycles. The Morgan fingerprint density at radius 1 is 0.413 bits per heavy atom. The second-order valence-corrected chi connectivity index (χ2v) is 13.7. The van der Waals surface area contributed by atoms with E-state index in [2.05, 4.69) is 146 Å². The maximum Gasteiger partial charge on any atom is 0.0992 e. The minimum absolute atomic E-state index is 0.649. The van der Waals surface area contributed by atoms with Gasteiger partial charge in [0.05, 0.1) is 11.6 Å². The van der Waals surface area contributed by atoms with Crippen molar-refractivity contribution in [3.63, 3.8) is 0 Å². The lowest BCUT2D eigenvalue weighted by Gasteiger charge is -2.19. The predicted octanol–water partition coefficient (Wildman–Crippen LogP) is 13.0. The summed E-state index contributed by atoms with van der Waals surface area (Å²) in [6.45, 7) is 0. The summed E-state index contributed by atoms with van der Waals surface area (Å²) in [6, 6.07) is 56.6. The van der Waals surface area contributed by atoms with E-state index in [4.69, 9.17) is 0 Å². The Balaban J connectivity index is 1.41. The lowest BCUT2D eigenvalue weighted by Crippen LogP contribution is -1.93. The molecule has 46 heavy (non-hydrogen) atoms. The van der Waals surface area contributed by atoms with Crippen LogP contribution in [0.2, 0.25) is 0 Å². The molecule has 0 aliphatic carbocycles. The Hall–Kier alpha value is -5.53. The van der Waals surface area contributed by atoms with Crippen LogP contribution in [0.1, 0.15) is 5.56 Å². The number of rotatable bonds is 4. The highest BCUT2D eigenvalue weighted by atomic mass is 32.1.